The third-order valence-electron chi connectivity index (χ3n) is 5.31. The van der Waals surface area contributed by atoms with E-state index in [1.807, 2.05) is 30.3 Å². The van der Waals surface area contributed by atoms with Crippen LogP contribution in [0, 0.1) is 5.92 Å². The molecule has 2 heterocycles. The number of hydrogen-bond donors (Lipinski definition) is 2. The molecule has 1 aliphatic carbocycles. The third kappa shape index (κ3) is 3.75. The predicted octanol–water partition coefficient (Wildman–Crippen LogP) is 1.51. The summed E-state index contributed by atoms with van der Waals surface area (Å²) in [5.74, 6) is 0.343. The highest BCUT2D eigenvalue weighted by Gasteiger charge is 2.42. The Balaban J connectivity index is 1.58. The number of carbonyl (C=O) groups excluding carboxylic acids is 2. The summed E-state index contributed by atoms with van der Waals surface area (Å²) in [6.07, 6.45) is 4.28. The molecule has 9 nitrogen and oxygen atoms in total. The van der Waals surface area contributed by atoms with E-state index in [1.165, 1.54) is 0 Å². The number of nitrogens with zero attached hydrogens (tertiary/aromatic N) is 4. The number of aromatic nitrogens is 4. The van der Waals surface area contributed by atoms with Crippen LogP contribution in [0.5, 0.6) is 0 Å². The van der Waals surface area contributed by atoms with Gasteiger partial charge in [-0.05, 0) is 12.8 Å². The Labute approximate surface area is 167 Å². The van der Waals surface area contributed by atoms with Crippen molar-refractivity contribution in [2.24, 2.45) is 13.0 Å². The van der Waals surface area contributed by atoms with Crippen molar-refractivity contribution in [2.45, 2.75) is 24.8 Å². The van der Waals surface area contributed by atoms with Crippen molar-refractivity contribution < 1.29 is 14.1 Å². The molecule has 0 radical (unpaired) electrons. The molecule has 150 valence electrons. The first-order chi connectivity index (χ1) is 14.1. The number of carbonyl (C=O) groups is 2. The fraction of sp³-hybridized carbons (Fsp3) is 0.350. The first kappa shape index (κ1) is 18.9. The summed E-state index contributed by atoms with van der Waals surface area (Å²) in [6, 6.07) is 9.20. The van der Waals surface area contributed by atoms with Crippen molar-refractivity contribution in [2.75, 3.05) is 7.05 Å². The molecule has 1 aromatic carbocycles. The summed E-state index contributed by atoms with van der Waals surface area (Å²) >= 11 is 0. The molecular formula is C20H22N6O3. The average Bonchev–Trinajstić information content (AvgIpc) is 3.47. The van der Waals surface area contributed by atoms with Crippen LogP contribution in [0.2, 0.25) is 0 Å². The van der Waals surface area contributed by atoms with E-state index in [-0.39, 0.29) is 29.7 Å². The van der Waals surface area contributed by atoms with Gasteiger partial charge in [-0.25, -0.2) is 4.98 Å². The molecule has 9 heteroatoms. The lowest BCUT2D eigenvalue weighted by Crippen LogP contribution is -2.38. The molecule has 1 fully saturated rings. The summed E-state index contributed by atoms with van der Waals surface area (Å²) in [4.78, 5) is 33.5. The molecule has 0 spiro atoms. The Bertz CT molecular complexity index is 1010. The number of aryl methyl sites for hydroxylation is 1. The van der Waals surface area contributed by atoms with Crippen molar-refractivity contribution in [1.29, 1.82) is 0 Å². The molecule has 1 saturated carbocycles. The SMILES string of the molecule is CNC(=O)[C@H]1C[C@H](NC(=O)c2nccn2C)[C@H](c2nc(-c3ccccc3)no2)C1. The Morgan fingerprint density at radius 2 is 2.00 bits per heavy atom. The number of benzene rings is 1. The van der Waals surface area contributed by atoms with Gasteiger partial charge in [-0.2, -0.15) is 4.98 Å². The summed E-state index contributed by atoms with van der Waals surface area (Å²) in [5, 5.41) is 9.77. The van der Waals surface area contributed by atoms with Gasteiger partial charge in [0.2, 0.25) is 17.6 Å². The first-order valence-corrected chi connectivity index (χ1v) is 9.45. The summed E-state index contributed by atoms with van der Waals surface area (Å²) < 4.78 is 7.17. The molecular weight excluding hydrogens is 372 g/mol. The maximum atomic E-state index is 12.7. The lowest BCUT2D eigenvalue weighted by atomic mass is 10.0. The number of imidazole rings is 1. The highest BCUT2D eigenvalue weighted by molar-refractivity contribution is 5.91. The lowest BCUT2D eigenvalue weighted by Gasteiger charge is -2.17. The zero-order valence-corrected chi connectivity index (χ0v) is 16.2. The van der Waals surface area contributed by atoms with Gasteiger partial charge in [-0.3, -0.25) is 9.59 Å². The van der Waals surface area contributed by atoms with Crippen LogP contribution in [0.4, 0.5) is 0 Å². The number of rotatable bonds is 5. The Kier molecular flexibility index (Phi) is 5.11. The summed E-state index contributed by atoms with van der Waals surface area (Å²) in [6.45, 7) is 0. The van der Waals surface area contributed by atoms with E-state index in [0.717, 1.165) is 5.56 Å². The lowest BCUT2D eigenvalue weighted by molar-refractivity contribution is -0.124. The normalized spacial score (nSPS) is 21.1. The molecule has 1 aliphatic rings. The van der Waals surface area contributed by atoms with Crippen LogP contribution in [0.25, 0.3) is 11.4 Å². The van der Waals surface area contributed by atoms with Gasteiger partial charge in [0, 0.05) is 44.0 Å². The average molecular weight is 394 g/mol. The molecule has 0 saturated heterocycles. The number of nitrogens with one attached hydrogen (secondary N) is 2. The molecule has 2 N–H and O–H groups in total. The molecule has 29 heavy (non-hydrogen) atoms. The minimum atomic E-state index is -0.314. The monoisotopic (exact) mass is 394 g/mol. The van der Waals surface area contributed by atoms with Gasteiger partial charge < -0.3 is 19.7 Å². The molecule has 2 aromatic heterocycles. The molecule has 3 aromatic rings. The summed E-state index contributed by atoms with van der Waals surface area (Å²) in [5.41, 5.74) is 0.844. The second-order valence-electron chi connectivity index (χ2n) is 7.15. The van der Waals surface area contributed by atoms with Crippen molar-refractivity contribution in [1.82, 2.24) is 30.3 Å². The topological polar surface area (TPSA) is 115 Å². The molecule has 0 aliphatic heterocycles. The van der Waals surface area contributed by atoms with Crippen molar-refractivity contribution >= 4 is 11.8 Å². The van der Waals surface area contributed by atoms with Gasteiger partial charge in [-0.1, -0.05) is 35.5 Å². The maximum Gasteiger partial charge on any atom is 0.287 e. The zero-order valence-electron chi connectivity index (χ0n) is 16.2. The van der Waals surface area contributed by atoms with Gasteiger partial charge >= 0.3 is 0 Å². The van der Waals surface area contributed by atoms with Gasteiger partial charge in [0.05, 0.1) is 5.92 Å². The van der Waals surface area contributed by atoms with Crippen LogP contribution < -0.4 is 10.6 Å². The van der Waals surface area contributed by atoms with E-state index in [4.69, 9.17) is 4.52 Å². The van der Waals surface area contributed by atoms with Gasteiger partial charge in [0.15, 0.2) is 5.82 Å². The van der Waals surface area contributed by atoms with Crippen molar-refractivity contribution in [3.8, 4) is 11.4 Å². The standard InChI is InChI=1S/C20H22N6O3/c1-21-18(27)13-10-14(15(11-13)23-19(28)17-22-8-9-26(17)2)20-24-16(25-29-20)12-6-4-3-5-7-12/h3-9,13-15H,10-11H2,1-2H3,(H,21,27)(H,23,28)/t13-,14-,15+/m1/s1. The van der Waals surface area contributed by atoms with Crippen molar-refractivity contribution in [3.05, 3.63) is 54.4 Å². The van der Waals surface area contributed by atoms with E-state index < -0.39 is 0 Å². The van der Waals surface area contributed by atoms with Crippen LogP contribution >= 0.6 is 0 Å². The summed E-state index contributed by atoms with van der Waals surface area (Å²) in [7, 11) is 3.36. The zero-order chi connectivity index (χ0) is 20.4. The van der Waals surface area contributed by atoms with Crippen molar-refractivity contribution in [3.63, 3.8) is 0 Å². The van der Waals surface area contributed by atoms with Crippen LogP contribution in [-0.2, 0) is 11.8 Å². The third-order valence-corrected chi connectivity index (χ3v) is 5.31. The van der Waals surface area contributed by atoms with E-state index in [2.05, 4.69) is 25.8 Å². The van der Waals surface area contributed by atoms with Crippen LogP contribution in [0.3, 0.4) is 0 Å². The Hall–Kier alpha value is -3.49. The van der Waals surface area contributed by atoms with Gasteiger partial charge in [0.1, 0.15) is 0 Å². The van der Waals surface area contributed by atoms with E-state index in [9.17, 15) is 9.59 Å². The number of hydrogen-bond acceptors (Lipinski definition) is 6. The minimum Gasteiger partial charge on any atom is -0.359 e. The van der Waals surface area contributed by atoms with Crippen LogP contribution in [0.15, 0.2) is 47.2 Å². The second-order valence-corrected chi connectivity index (χ2v) is 7.15. The highest BCUT2D eigenvalue weighted by atomic mass is 16.5. The van der Waals surface area contributed by atoms with Crippen LogP contribution in [-0.4, -0.2) is 44.6 Å². The minimum absolute atomic E-state index is 0.0634. The fourth-order valence-electron chi connectivity index (χ4n) is 3.80. The quantitative estimate of drug-likeness (QED) is 0.678. The fourth-order valence-corrected chi connectivity index (χ4v) is 3.80. The largest absolute Gasteiger partial charge is 0.359 e. The van der Waals surface area contributed by atoms with Gasteiger partial charge in [-0.15, -0.1) is 0 Å². The highest BCUT2D eigenvalue weighted by Crippen LogP contribution is 2.38. The first-order valence-electron chi connectivity index (χ1n) is 9.45. The van der Waals surface area contributed by atoms with Gasteiger partial charge in [0.25, 0.3) is 5.91 Å². The molecule has 2 amide bonds. The van der Waals surface area contributed by atoms with E-state index in [1.54, 1.807) is 31.1 Å². The Morgan fingerprint density at radius 1 is 1.21 bits per heavy atom. The molecule has 4 rings (SSSR count). The van der Waals surface area contributed by atoms with Crippen LogP contribution in [0.1, 0.15) is 35.3 Å². The predicted molar refractivity (Wildman–Crippen MR) is 104 cm³/mol. The Morgan fingerprint density at radius 3 is 2.69 bits per heavy atom. The molecule has 3 atom stereocenters. The maximum absolute atomic E-state index is 12.7. The van der Waals surface area contributed by atoms with E-state index in [0.29, 0.717) is 30.4 Å². The smallest absolute Gasteiger partial charge is 0.287 e. The molecule has 0 bridgehead atoms. The number of amides is 2. The second kappa shape index (κ2) is 7.86. The molecule has 0 unspecified atom stereocenters. The van der Waals surface area contributed by atoms with E-state index >= 15 is 0 Å².